The van der Waals surface area contributed by atoms with Crippen LogP contribution in [0.25, 0.3) is 0 Å². The first-order chi connectivity index (χ1) is 11.9. The van der Waals surface area contributed by atoms with Crippen molar-refractivity contribution < 1.29 is 24.0 Å². The highest BCUT2D eigenvalue weighted by Crippen LogP contribution is 2.17. The topological polar surface area (TPSA) is 128 Å². The fourth-order valence-electron chi connectivity index (χ4n) is 1.89. The Labute approximate surface area is 141 Å². The van der Waals surface area contributed by atoms with Crippen molar-refractivity contribution in [3.63, 3.8) is 0 Å². The lowest BCUT2D eigenvalue weighted by atomic mass is 10.2. The minimum Gasteiger partial charge on any atom is -0.426 e. The van der Waals surface area contributed by atoms with Gasteiger partial charge in [0.15, 0.2) is 0 Å². The van der Waals surface area contributed by atoms with Crippen molar-refractivity contribution in [2.45, 2.75) is 6.92 Å². The van der Waals surface area contributed by atoms with Gasteiger partial charge in [-0.2, -0.15) is 0 Å². The van der Waals surface area contributed by atoms with Crippen LogP contribution >= 0.6 is 0 Å². The van der Waals surface area contributed by atoms with E-state index in [0.717, 1.165) is 0 Å². The van der Waals surface area contributed by atoms with Crippen LogP contribution in [-0.4, -0.2) is 22.7 Å². The third-order valence-electron chi connectivity index (χ3n) is 3.02. The Kier molecular flexibility index (Phi) is 5.41. The van der Waals surface area contributed by atoms with Crippen molar-refractivity contribution in [2.24, 2.45) is 0 Å². The van der Waals surface area contributed by atoms with Gasteiger partial charge in [0, 0.05) is 24.6 Å². The van der Waals surface area contributed by atoms with E-state index in [1.807, 2.05) is 0 Å². The number of rotatable bonds is 4. The summed E-state index contributed by atoms with van der Waals surface area (Å²) in [6.07, 6.45) is 0. The fourth-order valence-corrected chi connectivity index (χ4v) is 1.89. The van der Waals surface area contributed by atoms with E-state index in [0.29, 0.717) is 0 Å². The van der Waals surface area contributed by atoms with Crippen LogP contribution in [0.15, 0.2) is 48.5 Å². The molecule has 0 aliphatic rings. The van der Waals surface area contributed by atoms with Crippen molar-refractivity contribution in [1.82, 2.24) is 10.9 Å². The zero-order valence-electron chi connectivity index (χ0n) is 13.0. The number of benzene rings is 2. The molecule has 0 aliphatic heterocycles. The lowest BCUT2D eigenvalue weighted by Gasteiger charge is -2.10. The molecule has 0 atom stereocenters. The highest BCUT2D eigenvalue weighted by Gasteiger charge is 2.15. The smallest absolute Gasteiger partial charge is 0.308 e. The first-order valence-electron chi connectivity index (χ1n) is 7.01. The van der Waals surface area contributed by atoms with Gasteiger partial charge < -0.3 is 4.74 Å². The number of amides is 2. The van der Waals surface area contributed by atoms with E-state index >= 15 is 0 Å². The zero-order chi connectivity index (χ0) is 18.4. The van der Waals surface area contributed by atoms with Crippen LogP contribution in [0.5, 0.6) is 5.75 Å². The number of nitrogens with zero attached hydrogens (tertiary/aromatic N) is 1. The molecule has 2 aromatic carbocycles. The van der Waals surface area contributed by atoms with Gasteiger partial charge in [0.05, 0.1) is 10.5 Å². The molecule has 0 bridgehead atoms. The summed E-state index contributed by atoms with van der Waals surface area (Å²) < 4.78 is 4.92. The number of para-hydroxylation sites is 1. The van der Waals surface area contributed by atoms with Crippen LogP contribution in [0, 0.1) is 10.1 Å². The van der Waals surface area contributed by atoms with Crippen molar-refractivity contribution in [3.05, 3.63) is 69.8 Å². The molecule has 0 aromatic heterocycles. The monoisotopic (exact) mass is 343 g/mol. The summed E-state index contributed by atoms with van der Waals surface area (Å²) >= 11 is 0. The number of non-ortho nitro benzene ring substituents is 1. The third-order valence-corrected chi connectivity index (χ3v) is 3.02. The molecule has 0 saturated carbocycles. The number of carbonyl (C=O) groups is 3. The lowest BCUT2D eigenvalue weighted by molar-refractivity contribution is -0.384. The second kappa shape index (κ2) is 7.68. The van der Waals surface area contributed by atoms with Crippen LogP contribution < -0.4 is 15.6 Å². The SMILES string of the molecule is CC(=O)Oc1ccccc1C(=O)NNC(=O)c1ccc([N+](=O)[O-])cc1. The Balaban J connectivity index is 2.03. The maximum atomic E-state index is 12.1. The third kappa shape index (κ3) is 4.61. The predicted molar refractivity (Wildman–Crippen MR) is 85.8 cm³/mol. The molecule has 9 nitrogen and oxygen atoms in total. The van der Waals surface area contributed by atoms with Gasteiger partial charge in [0.2, 0.25) is 0 Å². The average Bonchev–Trinajstić information content (AvgIpc) is 2.59. The highest BCUT2D eigenvalue weighted by molar-refractivity contribution is 6.00. The van der Waals surface area contributed by atoms with Crippen molar-refractivity contribution in [2.75, 3.05) is 0 Å². The Bertz CT molecular complexity index is 832. The quantitative estimate of drug-likeness (QED) is 0.375. The Morgan fingerprint density at radius 3 is 2.16 bits per heavy atom. The van der Waals surface area contributed by atoms with Gasteiger partial charge >= 0.3 is 5.97 Å². The fraction of sp³-hybridized carbons (Fsp3) is 0.0625. The summed E-state index contributed by atoms with van der Waals surface area (Å²) in [5, 5.41) is 10.6. The summed E-state index contributed by atoms with van der Waals surface area (Å²) in [6, 6.07) is 10.9. The molecule has 2 N–H and O–H groups in total. The lowest BCUT2D eigenvalue weighted by Crippen LogP contribution is -2.41. The van der Waals surface area contributed by atoms with E-state index in [4.69, 9.17) is 4.74 Å². The molecular formula is C16H13N3O6. The minimum absolute atomic E-state index is 0.0529. The Morgan fingerprint density at radius 1 is 0.960 bits per heavy atom. The second-order valence-electron chi connectivity index (χ2n) is 4.80. The molecule has 128 valence electrons. The Morgan fingerprint density at radius 2 is 1.56 bits per heavy atom. The molecular weight excluding hydrogens is 330 g/mol. The zero-order valence-corrected chi connectivity index (χ0v) is 13.0. The molecule has 0 spiro atoms. The van der Waals surface area contributed by atoms with Crippen molar-refractivity contribution in [1.29, 1.82) is 0 Å². The van der Waals surface area contributed by atoms with E-state index in [9.17, 15) is 24.5 Å². The number of hydrogen-bond donors (Lipinski definition) is 2. The number of hydrogen-bond acceptors (Lipinski definition) is 6. The van der Waals surface area contributed by atoms with Gasteiger partial charge in [-0.25, -0.2) is 0 Å². The highest BCUT2D eigenvalue weighted by atomic mass is 16.6. The minimum atomic E-state index is -0.688. The van der Waals surface area contributed by atoms with E-state index < -0.39 is 22.7 Å². The summed E-state index contributed by atoms with van der Waals surface area (Å²) in [6.45, 7) is 1.20. The largest absolute Gasteiger partial charge is 0.426 e. The number of esters is 1. The maximum Gasteiger partial charge on any atom is 0.308 e. The molecule has 0 unspecified atom stereocenters. The van der Waals surface area contributed by atoms with Gasteiger partial charge in [-0.3, -0.25) is 35.3 Å². The van der Waals surface area contributed by atoms with Gasteiger partial charge in [-0.1, -0.05) is 12.1 Å². The molecule has 25 heavy (non-hydrogen) atoms. The molecule has 0 saturated heterocycles. The van der Waals surface area contributed by atoms with Crippen LogP contribution in [0.3, 0.4) is 0 Å². The number of hydrazine groups is 1. The van der Waals surface area contributed by atoms with Gasteiger partial charge in [-0.05, 0) is 24.3 Å². The molecule has 0 heterocycles. The maximum absolute atomic E-state index is 12.1. The molecule has 2 amide bonds. The number of carbonyl (C=O) groups excluding carboxylic acids is 3. The number of nitrogens with one attached hydrogen (secondary N) is 2. The number of nitro benzene ring substituents is 1. The summed E-state index contributed by atoms with van der Waals surface area (Å²) in [7, 11) is 0. The molecule has 0 fully saturated rings. The molecule has 9 heteroatoms. The Hall–Kier alpha value is -3.75. The van der Waals surface area contributed by atoms with Crippen molar-refractivity contribution >= 4 is 23.5 Å². The van der Waals surface area contributed by atoms with Crippen LogP contribution in [0.2, 0.25) is 0 Å². The van der Waals surface area contributed by atoms with Gasteiger partial charge in [0.25, 0.3) is 17.5 Å². The number of nitro groups is 1. The summed E-state index contributed by atoms with van der Waals surface area (Å²) in [5.74, 6) is -1.88. The van der Waals surface area contributed by atoms with E-state index in [1.165, 1.54) is 43.3 Å². The van der Waals surface area contributed by atoms with E-state index in [1.54, 1.807) is 12.1 Å². The molecule has 0 aliphatic carbocycles. The van der Waals surface area contributed by atoms with Crippen LogP contribution in [0.4, 0.5) is 5.69 Å². The van der Waals surface area contributed by atoms with Gasteiger partial charge in [-0.15, -0.1) is 0 Å². The van der Waals surface area contributed by atoms with Crippen LogP contribution in [-0.2, 0) is 4.79 Å². The van der Waals surface area contributed by atoms with E-state index in [-0.39, 0.29) is 22.6 Å². The standard InChI is InChI=1S/C16H13N3O6/c1-10(20)25-14-5-3-2-4-13(14)16(22)18-17-15(21)11-6-8-12(9-7-11)19(23)24/h2-9H,1H3,(H,17,21)(H,18,22). The normalized spacial score (nSPS) is 9.80. The molecule has 2 aromatic rings. The van der Waals surface area contributed by atoms with Crippen LogP contribution in [0.1, 0.15) is 27.6 Å². The first-order valence-corrected chi connectivity index (χ1v) is 7.01. The first kappa shape index (κ1) is 17.6. The molecule has 0 radical (unpaired) electrons. The van der Waals surface area contributed by atoms with Gasteiger partial charge in [0.1, 0.15) is 5.75 Å². The molecule has 2 rings (SSSR count). The summed E-state index contributed by atoms with van der Waals surface area (Å²) in [4.78, 5) is 45.1. The number of ether oxygens (including phenoxy) is 1. The van der Waals surface area contributed by atoms with E-state index in [2.05, 4.69) is 10.9 Å². The van der Waals surface area contributed by atoms with Crippen molar-refractivity contribution in [3.8, 4) is 5.75 Å². The summed E-state index contributed by atoms with van der Waals surface area (Å²) in [5.41, 5.74) is 4.39. The second-order valence-corrected chi connectivity index (χ2v) is 4.80. The predicted octanol–water partition coefficient (Wildman–Crippen LogP) is 1.59. The average molecular weight is 343 g/mol.